The average molecular weight is 227 g/mol. The molecule has 2 unspecified atom stereocenters. The molecule has 1 saturated carbocycles. The Morgan fingerprint density at radius 3 is 3.00 bits per heavy atom. The van der Waals surface area contributed by atoms with E-state index in [2.05, 4.69) is 5.32 Å². The molecule has 1 aliphatic rings. The van der Waals surface area contributed by atoms with Crippen LogP contribution in [0.3, 0.4) is 0 Å². The van der Waals surface area contributed by atoms with E-state index in [9.17, 15) is 9.90 Å². The van der Waals surface area contributed by atoms with E-state index in [0.29, 0.717) is 19.1 Å². The second-order valence-corrected chi connectivity index (χ2v) is 4.07. The maximum atomic E-state index is 10.9. The van der Waals surface area contributed by atoms with E-state index in [-0.39, 0.29) is 12.1 Å². The van der Waals surface area contributed by atoms with E-state index in [0.717, 1.165) is 25.8 Å². The van der Waals surface area contributed by atoms with Gasteiger partial charge in [0.1, 0.15) is 0 Å². The molecule has 0 radical (unpaired) electrons. The van der Waals surface area contributed by atoms with Gasteiger partial charge in [0.05, 0.1) is 12.7 Å². The summed E-state index contributed by atoms with van der Waals surface area (Å²) in [4.78, 5) is 10.9. The molecule has 1 rings (SSSR count). The third kappa shape index (κ3) is 4.77. The van der Waals surface area contributed by atoms with Gasteiger partial charge in [-0.25, -0.2) is 4.79 Å². The smallest absolute Gasteiger partial charge is 0.330 e. The Bertz CT molecular complexity index is 240. The minimum atomic E-state index is -0.301. The fourth-order valence-electron chi connectivity index (χ4n) is 1.95. The van der Waals surface area contributed by atoms with Gasteiger partial charge in [-0.1, -0.05) is 12.5 Å². The molecule has 0 heterocycles. The van der Waals surface area contributed by atoms with Gasteiger partial charge in [-0.15, -0.1) is 0 Å². The van der Waals surface area contributed by atoms with Crippen LogP contribution in [-0.2, 0) is 9.53 Å². The van der Waals surface area contributed by atoms with Crippen molar-refractivity contribution < 1.29 is 14.6 Å². The Kier molecular flexibility index (Phi) is 6.11. The molecular formula is C12H21NO3. The summed E-state index contributed by atoms with van der Waals surface area (Å²) in [5.74, 6) is 0.0706. The lowest BCUT2D eigenvalue weighted by Gasteiger charge is -2.13. The molecule has 0 aliphatic heterocycles. The highest BCUT2D eigenvalue weighted by atomic mass is 16.5. The Labute approximate surface area is 96.7 Å². The van der Waals surface area contributed by atoms with Crippen molar-refractivity contribution in [2.24, 2.45) is 5.92 Å². The molecule has 0 bridgehead atoms. The highest BCUT2D eigenvalue weighted by Gasteiger charge is 2.24. The monoisotopic (exact) mass is 227 g/mol. The van der Waals surface area contributed by atoms with E-state index in [1.165, 1.54) is 6.08 Å². The second kappa shape index (κ2) is 7.41. The van der Waals surface area contributed by atoms with E-state index in [1.54, 1.807) is 13.0 Å². The zero-order chi connectivity index (χ0) is 11.8. The molecule has 0 saturated heterocycles. The quantitative estimate of drug-likeness (QED) is 0.401. The van der Waals surface area contributed by atoms with Gasteiger partial charge >= 0.3 is 5.97 Å². The lowest BCUT2D eigenvalue weighted by molar-refractivity contribution is -0.137. The van der Waals surface area contributed by atoms with Crippen molar-refractivity contribution in [3.8, 4) is 0 Å². The van der Waals surface area contributed by atoms with Crippen LogP contribution in [0.4, 0.5) is 0 Å². The molecule has 4 heteroatoms. The summed E-state index contributed by atoms with van der Waals surface area (Å²) in [7, 11) is 0. The van der Waals surface area contributed by atoms with Gasteiger partial charge in [0.2, 0.25) is 0 Å². The Morgan fingerprint density at radius 2 is 2.38 bits per heavy atom. The van der Waals surface area contributed by atoms with Gasteiger partial charge in [-0.05, 0) is 25.7 Å². The van der Waals surface area contributed by atoms with Crippen molar-refractivity contribution in [3.05, 3.63) is 12.2 Å². The van der Waals surface area contributed by atoms with Crippen LogP contribution < -0.4 is 5.32 Å². The second-order valence-electron chi connectivity index (χ2n) is 4.07. The number of ether oxygens (including phenoxy) is 1. The standard InChI is InChI=1S/C12H21NO3/c1-2-16-12(15)7-4-8-13-9-10-5-3-6-11(10)14/h4,7,10-11,13-14H,2-3,5-6,8-9H2,1H3/b7-4+. The summed E-state index contributed by atoms with van der Waals surface area (Å²) in [6.07, 6.45) is 6.16. The third-order valence-corrected chi connectivity index (χ3v) is 2.83. The molecular weight excluding hydrogens is 206 g/mol. The Balaban J connectivity index is 2.05. The van der Waals surface area contributed by atoms with Crippen LogP contribution in [0.15, 0.2) is 12.2 Å². The molecule has 0 spiro atoms. The molecule has 92 valence electrons. The van der Waals surface area contributed by atoms with Crippen LogP contribution >= 0.6 is 0 Å². The van der Waals surface area contributed by atoms with Crippen LogP contribution in [0.2, 0.25) is 0 Å². The first-order valence-electron chi connectivity index (χ1n) is 5.96. The van der Waals surface area contributed by atoms with Crippen LogP contribution in [0.25, 0.3) is 0 Å². The molecule has 0 aromatic rings. The summed E-state index contributed by atoms with van der Waals surface area (Å²) in [6, 6.07) is 0. The van der Waals surface area contributed by atoms with Gasteiger partial charge in [-0.3, -0.25) is 0 Å². The van der Waals surface area contributed by atoms with Gasteiger partial charge in [0.25, 0.3) is 0 Å². The van der Waals surface area contributed by atoms with Crippen LogP contribution in [0.1, 0.15) is 26.2 Å². The van der Waals surface area contributed by atoms with Crippen molar-refractivity contribution in [1.29, 1.82) is 0 Å². The third-order valence-electron chi connectivity index (χ3n) is 2.83. The summed E-state index contributed by atoms with van der Waals surface area (Å²) in [6.45, 7) is 3.65. The van der Waals surface area contributed by atoms with E-state index < -0.39 is 0 Å². The van der Waals surface area contributed by atoms with Gasteiger partial charge in [0.15, 0.2) is 0 Å². The van der Waals surface area contributed by atoms with Crippen molar-refractivity contribution in [1.82, 2.24) is 5.32 Å². The molecule has 1 fully saturated rings. The summed E-state index contributed by atoms with van der Waals surface area (Å²) in [5.41, 5.74) is 0. The summed E-state index contributed by atoms with van der Waals surface area (Å²) in [5, 5.41) is 12.8. The molecule has 4 nitrogen and oxygen atoms in total. The molecule has 0 aromatic heterocycles. The summed E-state index contributed by atoms with van der Waals surface area (Å²) < 4.78 is 4.75. The van der Waals surface area contributed by atoms with Crippen LogP contribution in [-0.4, -0.2) is 36.9 Å². The van der Waals surface area contributed by atoms with Gasteiger partial charge in [-0.2, -0.15) is 0 Å². The Morgan fingerprint density at radius 1 is 1.56 bits per heavy atom. The van der Waals surface area contributed by atoms with Crippen molar-refractivity contribution >= 4 is 5.97 Å². The van der Waals surface area contributed by atoms with Crippen molar-refractivity contribution in [3.63, 3.8) is 0 Å². The number of hydrogen-bond donors (Lipinski definition) is 2. The number of carbonyl (C=O) groups is 1. The highest BCUT2D eigenvalue weighted by Crippen LogP contribution is 2.24. The first kappa shape index (κ1) is 13.2. The minimum Gasteiger partial charge on any atom is -0.463 e. The first-order valence-corrected chi connectivity index (χ1v) is 5.96. The number of esters is 1. The first-order chi connectivity index (χ1) is 7.74. The molecule has 0 amide bonds. The molecule has 2 atom stereocenters. The number of nitrogens with one attached hydrogen (secondary N) is 1. The molecule has 0 aromatic carbocycles. The molecule has 2 N–H and O–H groups in total. The normalized spacial score (nSPS) is 25.1. The zero-order valence-electron chi connectivity index (χ0n) is 9.82. The van der Waals surface area contributed by atoms with Crippen molar-refractivity contribution in [2.45, 2.75) is 32.3 Å². The Hall–Kier alpha value is -0.870. The molecule has 1 aliphatic carbocycles. The maximum Gasteiger partial charge on any atom is 0.330 e. The zero-order valence-corrected chi connectivity index (χ0v) is 9.82. The fraction of sp³-hybridized carbons (Fsp3) is 0.750. The van der Waals surface area contributed by atoms with Gasteiger partial charge < -0.3 is 15.2 Å². The number of rotatable bonds is 6. The predicted molar refractivity (Wildman–Crippen MR) is 62.0 cm³/mol. The lowest BCUT2D eigenvalue weighted by Crippen LogP contribution is -2.27. The summed E-state index contributed by atoms with van der Waals surface area (Å²) >= 11 is 0. The van der Waals surface area contributed by atoms with Crippen LogP contribution in [0.5, 0.6) is 0 Å². The topological polar surface area (TPSA) is 58.6 Å². The largest absolute Gasteiger partial charge is 0.463 e. The minimum absolute atomic E-state index is 0.151. The lowest BCUT2D eigenvalue weighted by atomic mass is 10.1. The number of aliphatic hydroxyl groups excluding tert-OH is 1. The number of aliphatic hydroxyl groups is 1. The number of hydrogen-bond acceptors (Lipinski definition) is 4. The van der Waals surface area contributed by atoms with E-state index in [4.69, 9.17) is 4.74 Å². The average Bonchev–Trinajstić information content (AvgIpc) is 2.64. The highest BCUT2D eigenvalue weighted by molar-refractivity contribution is 5.81. The SMILES string of the molecule is CCOC(=O)/C=C/CNCC1CCCC1O. The molecule has 16 heavy (non-hydrogen) atoms. The maximum absolute atomic E-state index is 10.9. The fourth-order valence-corrected chi connectivity index (χ4v) is 1.95. The predicted octanol–water partition coefficient (Wildman–Crippen LogP) is 0.856. The van der Waals surface area contributed by atoms with Crippen molar-refractivity contribution in [2.75, 3.05) is 19.7 Å². The number of carbonyl (C=O) groups excluding carboxylic acids is 1. The van der Waals surface area contributed by atoms with Crippen LogP contribution in [0, 0.1) is 5.92 Å². The van der Waals surface area contributed by atoms with E-state index in [1.807, 2.05) is 0 Å². The van der Waals surface area contributed by atoms with Gasteiger partial charge in [0, 0.05) is 19.2 Å². The van der Waals surface area contributed by atoms with E-state index >= 15 is 0 Å².